The van der Waals surface area contributed by atoms with E-state index in [1.54, 1.807) is 0 Å². The average molecular weight is 897 g/mol. The van der Waals surface area contributed by atoms with E-state index in [2.05, 4.69) is 259 Å². The zero-order chi connectivity index (χ0) is 47.4. The van der Waals surface area contributed by atoms with Crippen molar-refractivity contribution in [3.63, 3.8) is 0 Å². The monoisotopic (exact) mass is 896 g/mol. The van der Waals surface area contributed by atoms with E-state index in [1.807, 2.05) is 0 Å². The van der Waals surface area contributed by atoms with Gasteiger partial charge in [0.15, 0.2) is 5.58 Å². The predicted octanol–water partition coefficient (Wildman–Crippen LogP) is 18.2. The Hall–Kier alpha value is -7.82. The number of para-hydroxylation sites is 5. The van der Waals surface area contributed by atoms with Crippen molar-refractivity contribution in [2.24, 2.45) is 0 Å². The molecule has 0 saturated heterocycles. The number of aryl methyl sites for hydroxylation is 2. The molecule has 0 atom stereocenters. The van der Waals surface area contributed by atoms with Crippen LogP contribution in [0, 0.1) is 13.8 Å². The molecule has 338 valence electrons. The summed E-state index contributed by atoms with van der Waals surface area (Å²) in [5.41, 5.74) is 19.3. The molecule has 2 aliphatic rings. The Balaban J connectivity index is 1.22. The number of nitrogens with zero attached hydrogens (tertiary/aromatic N) is 2. The van der Waals surface area contributed by atoms with Gasteiger partial charge in [0.05, 0.1) is 11.1 Å². The van der Waals surface area contributed by atoms with Crippen LogP contribution >= 0.6 is 0 Å². The van der Waals surface area contributed by atoms with Crippen LogP contribution in [0.2, 0.25) is 0 Å². The Morgan fingerprint density at radius 3 is 1.49 bits per heavy atom. The van der Waals surface area contributed by atoms with E-state index < -0.39 is 5.41 Å². The van der Waals surface area contributed by atoms with Crippen molar-refractivity contribution in [3.8, 4) is 22.6 Å². The van der Waals surface area contributed by atoms with Crippen LogP contribution in [0.3, 0.4) is 0 Å². The van der Waals surface area contributed by atoms with Gasteiger partial charge >= 0.3 is 0 Å². The number of hydrogen-bond donors (Lipinski definition) is 0. The molecule has 1 spiro atoms. The summed E-state index contributed by atoms with van der Waals surface area (Å²) in [6, 6.07) is 71.2. The van der Waals surface area contributed by atoms with Crippen molar-refractivity contribution in [1.82, 2.24) is 0 Å². The summed E-state index contributed by atoms with van der Waals surface area (Å²) in [5, 5.41) is 2.18. The lowest BCUT2D eigenvalue weighted by molar-refractivity contribution is 0.436. The molecule has 9 aromatic carbocycles. The van der Waals surface area contributed by atoms with Crippen LogP contribution in [0.4, 0.5) is 34.1 Å². The second kappa shape index (κ2) is 15.6. The Morgan fingerprint density at radius 2 is 0.913 bits per heavy atom. The van der Waals surface area contributed by atoms with Gasteiger partial charge in [0, 0.05) is 50.3 Å². The number of ether oxygens (including phenoxy) is 1. The van der Waals surface area contributed by atoms with E-state index in [9.17, 15) is 0 Å². The summed E-state index contributed by atoms with van der Waals surface area (Å²) < 4.78 is 14.2. The lowest BCUT2D eigenvalue weighted by Crippen LogP contribution is -2.32. The molecule has 0 fully saturated rings. The van der Waals surface area contributed by atoms with Gasteiger partial charge in [0.1, 0.15) is 17.1 Å². The summed E-state index contributed by atoms with van der Waals surface area (Å²) in [4.78, 5) is 4.86. The fraction of sp³-hybridized carbons (Fsp3) is 0.169. The molecule has 12 rings (SSSR count). The Bertz CT molecular complexity index is 3590. The van der Waals surface area contributed by atoms with E-state index in [4.69, 9.17) is 9.15 Å². The number of furan rings is 1. The number of fused-ring (bicyclic) bond motifs is 13. The molecule has 0 radical (unpaired) electrons. The van der Waals surface area contributed by atoms with Crippen LogP contribution in [0.15, 0.2) is 199 Å². The third-order valence-electron chi connectivity index (χ3n) is 14.7. The quantitative estimate of drug-likeness (QED) is 0.166. The highest BCUT2D eigenvalue weighted by molar-refractivity contribution is 6.20. The van der Waals surface area contributed by atoms with Crippen molar-refractivity contribution in [2.45, 2.75) is 71.6 Å². The van der Waals surface area contributed by atoms with E-state index >= 15 is 0 Å². The van der Waals surface area contributed by atoms with Crippen molar-refractivity contribution in [1.29, 1.82) is 0 Å². The van der Waals surface area contributed by atoms with E-state index in [0.29, 0.717) is 0 Å². The lowest BCUT2D eigenvalue weighted by atomic mass is 9.66. The summed E-state index contributed by atoms with van der Waals surface area (Å²) in [5.74, 6) is 1.70. The van der Waals surface area contributed by atoms with Crippen LogP contribution in [0.5, 0.6) is 11.5 Å². The summed E-state index contributed by atoms with van der Waals surface area (Å²) in [6.45, 7) is 18.1. The normalized spacial score (nSPS) is 13.4. The first kappa shape index (κ1) is 42.5. The minimum atomic E-state index is -0.797. The van der Waals surface area contributed by atoms with E-state index in [1.165, 1.54) is 44.5 Å². The molecular weight excluding hydrogens is 841 g/mol. The van der Waals surface area contributed by atoms with Crippen molar-refractivity contribution in [2.75, 3.05) is 9.80 Å². The van der Waals surface area contributed by atoms with Crippen LogP contribution < -0.4 is 14.5 Å². The van der Waals surface area contributed by atoms with Gasteiger partial charge in [-0.15, -0.1) is 0 Å². The minimum absolute atomic E-state index is 0.00287. The molecule has 4 heteroatoms. The molecule has 1 aromatic heterocycles. The smallest absolute Gasteiger partial charge is 0.160 e. The van der Waals surface area contributed by atoms with Gasteiger partial charge in [-0.3, -0.25) is 0 Å². The van der Waals surface area contributed by atoms with Crippen LogP contribution in [-0.4, -0.2) is 0 Å². The molecule has 0 amide bonds. The third-order valence-corrected chi connectivity index (χ3v) is 14.7. The zero-order valence-electron chi connectivity index (χ0n) is 40.7. The maximum absolute atomic E-state index is 7.23. The fourth-order valence-electron chi connectivity index (χ4n) is 11.2. The number of rotatable bonds is 6. The number of anilines is 6. The minimum Gasteiger partial charge on any atom is -0.457 e. The molecule has 4 nitrogen and oxygen atoms in total. The van der Waals surface area contributed by atoms with Crippen molar-refractivity contribution >= 4 is 56.1 Å². The molecule has 10 aromatic rings. The first-order valence-corrected chi connectivity index (χ1v) is 24.3. The highest BCUT2D eigenvalue weighted by atomic mass is 16.5. The summed E-state index contributed by atoms with van der Waals surface area (Å²) in [7, 11) is 0. The van der Waals surface area contributed by atoms with E-state index in [-0.39, 0.29) is 10.8 Å². The van der Waals surface area contributed by atoms with Gasteiger partial charge in [-0.1, -0.05) is 163 Å². The van der Waals surface area contributed by atoms with Crippen LogP contribution in [-0.2, 0) is 16.2 Å². The maximum atomic E-state index is 7.23. The standard InChI is InChI=1S/C65H56N2O2/c1-41-19-9-14-24-54(41)66(45-33-29-43(30-34-45)63(3,4)5)47-37-38-48-52(39-47)65(50-22-12-17-27-58(50)68-59-28-18-13-23-51(59)65)53-40-56(62-61(60(48)53)49-21-11-16-26-57(49)69-62)67(55-25-15-10-20-42(55)2)46-35-31-44(32-36-46)64(6,7)8/h9-40H,1-8H3. The second-order valence-electron chi connectivity index (χ2n) is 21.0. The molecule has 0 N–H and O–H groups in total. The Labute approximate surface area is 406 Å². The lowest BCUT2D eigenvalue weighted by Gasteiger charge is -2.40. The van der Waals surface area contributed by atoms with Crippen molar-refractivity contribution in [3.05, 3.63) is 239 Å². The summed E-state index contributed by atoms with van der Waals surface area (Å²) in [6.07, 6.45) is 0. The molecular formula is C65H56N2O2. The molecule has 0 unspecified atom stereocenters. The molecule has 1 aliphatic heterocycles. The largest absolute Gasteiger partial charge is 0.457 e. The SMILES string of the molecule is Cc1ccccc1N(c1ccc(C(C)(C)C)cc1)c1ccc2c(c1)C1(c3ccccc3Oc3ccccc31)c1cc(N(c3ccc(C(C)(C)C)cc3)c3ccccc3C)c3oc4ccccc4c3c1-2. The highest BCUT2D eigenvalue weighted by Crippen LogP contribution is 2.65. The van der Waals surface area contributed by atoms with Crippen LogP contribution in [0.25, 0.3) is 33.1 Å². The molecule has 1 aliphatic carbocycles. The van der Waals surface area contributed by atoms with E-state index in [0.717, 1.165) is 78.7 Å². The van der Waals surface area contributed by atoms with Gasteiger partial charge in [0.2, 0.25) is 0 Å². The zero-order valence-corrected chi connectivity index (χ0v) is 40.7. The molecule has 0 saturated carbocycles. The number of benzene rings is 9. The predicted molar refractivity (Wildman–Crippen MR) is 287 cm³/mol. The van der Waals surface area contributed by atoms with Gasteiger partial charge in [-0.2, -0.15) is 0 Å². The van der Waals surface area contributed by atoms with Crippen LogP contribution in [0.1, 0.15) is 86.1 Å². The van der Waals surface area contributed by atoms with Gasteiger partial charge in [0.25, 0.3) is 0 Å². The molecule has 0 bridgehead atoms. The first-order chi connectivity index (χ1) is 33.3. The topological polar surface area (TPSA) is 28.9 Å². The highest BCUT2D eigenvalue weighted by Gasteiger charge is 2.53. The second-order valence-corrected chi connectivity index (χ2v) is 21.0. The fourth-order valence-corrected chi connectivity index (χ4v) is 11.2. The first-order valence-electron chi connectivity index (χ1n) is 24.3. The Morgan fingerprint density at radius 1 is 0.420 bits per heavy atom. The molecule has 2 heterocycles. The number of hydrogen-bond acceptors (Lipinski definition) is 4. The van der Waals surface area contributed by atoms with Gasteiger partial charge in [-0.25, -0.2) is 0 Å². The van der Waals surface area contributed by atoms with Gasteiger partial charge in [-0.05, 0) is 142 Å². The van der Waals surface area contributed by atoms with Gasteiger partial charge < -0.3 is 19.0 Å². The molecule has 69 heavy (non-hydrogen) atoms. The van der Waals surface area contributed by atoms with Crippen molar-refractivity contribution < 1.29 is 9.15 Å². The third kappa shape index (κ3) is 6.56. The average Bonchev–Trinajstić information content (AvgIpc) is 3.87. The Kier molecular flexibility index (Phi) is 9.62. The summed E-state index contributed by atoms with van der Waals surface area (Å²) >= 11 is 0. The maximum Gasteiger partial charge on any atom is 0.160 e.